The van der Waals surface area contributed by atoms with Gasteiger partial charge in [-0.25, -0.2) is 9.37 Å². The third-order valence-corrected chi connectivity index (χ3v) is 2.64. The highest BCUT2D eigenvalue weighted by Crippen LogP contribution is 2.24. The Morgan fingerprint density at radius 1 is 1.00 bits per heavy atom. The second-order valence-electron chi connectivity index (χ2n) is 5.19. The van der Waals surface area contributed by atoms with Gasteiger partial charge in [0, 0.05) is 12.3 Å². The normalized spacial score (nSPS) is 11.3. The first-order chi connectivity index (χ1) is 8.45. The molecular weight excluding hydrogens is 229 g/mol. The Morgan fingerprint density at radius 3 is 2.17 bits per heavy atom. The Morgan fingerprint density at radius 2 is 1.67 bits per heavy atom. The van der Waals surface area contributed by atoms with Crippen molar-refractivity contribution in [2.24, 2.45) is 0 Å². The van der Waals surface area contributed by atoms with Crippen LogP contribution in [0, 0.1) is 5.82 Å². The average Bonchev–Trinajstić information content (AvgIpc) is 2.32. The first kappa shape index (κ1) is 12.6. The first-order valence-corrected chi connectivity index (χ1v) is 5.85. The summed E-state index contributed by atoms with van der Waals surface area (Å²) in [4.78, 5) is 4.25. The van der Waals surface area contributed by atoms with Crippen LogP contribution in [0.2, 0.25) is 0 Å². The number of hydrogen-bond acceptors (Lipinski definition) is 2. The molecule has 2 rings (SSSR count). The van der Waals surface area contributed by atoms with Crippen molar-refractivity contribution in [1.29, 1.82) is 0 Å². The molecule has 0 saturated heterocycles. The molecule has 1 aromatic heterocycles. The molecule has 0 spiro atoms. The zero-order valence-corrected chi connectivity index (χ0v) is 10.8. The first-order valence-electron chi connectivity index (χ1n) is 5.85. The van der Waals surface area contributed by atoms with Gasteiger partial charge < -0.3 is 4.74 Å². The zero-order valence-electron chi connectivity index (χ0n) is 10.8. The highest BCUT2D eigenvalue weighted by molar-refractivity contribution is 5.29. The van der Waals surface area contributed by atoms with Gasteiger partial charge in [-0.1, -0.05) is 26.8 Å². The number of benzene rings is 1. The van der Waals surface area contributed by atoms with Gasteiger partial charge in [0.2, 0.25) is 5.88 Å². The molecule has 2 nitrogen and oxygen atoms in total. The number of pyridine rings is 1. The van der Waals surface area contributed by atoms with Crippen LogP contribution >= 0.6 is 0 Å². The molecule has 0 fully saturated rings. The fourth-order valence-corrected chi connectivity index (χ4v) is 1.51. The monoisotopic (exact) mass is 245 g/mol. The molecule has 0 unspecified atom stereocenters. The molecule has 0 radical (unpaired) electrons. The predicted molar refractivity (Wildman–Crippen MR) is 69.4 cm³/mol. The lowest BCUT2D eigenvalue weighted by Gasteiger charge is -2.18. The average molecular weight is 245 g/mol. The Kier molecular flexibility index (Phi) is 3.32. The highest BCUT2D eigenvalue weighted by Gasteiger charge is 2.13. The molecule has 0 aliphatic carbocycles. The van der Waals surface area contributed by atoms with E-state index < -0.39 is 0 Å². The second kappa shape index (κ2) is 4.77. The second-order valence-corrected chi connectivity index (χ2v) is 5.19. The molecule has 1 heterocycles. The van der Waals surface area contributed by atoms with Crippen LogP contribution in [0.4, 0.5) is 4.39 Å². The summed E-state index contributed by atoms with van der Waals surface area (Å²) in [7, 11) is 0. The quantitative estimate of drug-likeness (QED) is 0.786. The third kappa shape index (κ3) is 3.06. The van der Waals surface area contributed by atoms with Gasteiger partial charge in [-0.2, -0.15) is 0 Å². The van der Waals surface area contributed by atoms with Crippen LogP contribution in [0.25, 0.3) is 0 Å². The largest absolute Gasteiger partial charge is 0.439 e. The van der Waals surface area contributed by atoms with E-state index in [1.807, 2.05) is 12.1 Å². The number of aromatic nitrogens is 1. The number of nitrogens with zero attached hydrogens (tertiary/aromatic N) is 1. The van der Waals surface area contributed by atoms with Crippen LogP contribution in [0.5, 0.6) is 11.6 Å². The lowest BCUT2D eigenvalue weighted by molar-refractivity contribution is 0.459. The third-order valence-electron chi connectivity index (χ3n) is 2.64. The van der Waals surface area contributed by atoms with Crippen molar-refractivity contribution in [3.8, 4) is 11.6 Å². The summed E-state index contributed by atoms with van der Waals surface area (Å²) in [6, 6.07) is 9.69. The Bertz CT molecular complexity index is 512. The molecule has 0 aliphatic heterocycles. The standard InChI is InChI=1S/C15H16FNO/c1-15(2,3)11-4-9-14(17-10-11)18-13-7-5-12(16)6-8-13/h4-10H,1-3H3. The van der Waals surface area contributed by atoms with Crippen LogP contribution < -0.4 is 4.74 Å². The molecule has 0 N–H and O–H groups in total. The maximum Gasteiger partial charge on any atom is 0.219 e. The Labute approximate surface area is 106 Å². The van der Waals surface area contributed by atoms with E-state index >= 15 is 0 Å². The zero-order chi connectivity index (χ0) is 13.2. The highest BCUT2D eigenvalue weighted by atomic mass is 19.1. The number of hydrogen-bond donors (Lipinski definition) is 0. The van der Waals surface area contributed by atoms with E-state index in [1.165, 1.54) is 12.1 Å². The molecule has 0 amide bonds. The van der Waals surface area contributed by atoms with Crippen molar-refractivity contribution < 1.29 is 9.13 Å². The van der Waals surface area contributed by atoms with Crippen molar-refractivity contribution in [3.63, 3.8) is 0 Å². The minimum absolute atomic E-state index is 0.0708. The van der Waals surface area contributed by atoms with Gasteiger partial charge in [0.05, 0.1) is 0 Å². The van der Waals surface area contributed by atoms with E-state index in [0.717, 1.165) is 5.56 Å². The molecule has 18 heavy (non-hydrogen) atoms. The van der Waals surface area contributed by atoms with Gasteiger partial charge in [0.15, 0.2) is 0 Å². The van der Waals surface area contributed by atoms with Crippen molar-refractivity contribution in [2.45, 2.75) is 26.2 Å². The van der Waals surface area contributed by atoms with Gasteiger partial charge in [-0.15, -0.1) is 0 Å². The van der Waals surface area contributed by atoms with Gasteiger partial charge in [0.1, 0.15) is 11.6 Å². The minimum Gasteiger partial charge on any atom is -0.439 e. The lowest BCUT2D eigenvalue weighted by Crippen LogP contribution is -2.11. The van der Waals surface area contributed by atoms with Gasteiger partial charge in [-0.3, -0.25) is 0 Å². The molecular formula is C15H16FNO. The Balaban J connectivity index is 2.13. The molecule has 0 atom stereocenters. The summed E-state index contributed by atoms with van der Waals surface area (Å²) in [5, 5.41) is 0. The molecule has 0 aliphatic rings. The SMILES string of the molecule is CC(C)(C)c1ccc(Oc2ccc(F)cc2)nc1. The molecule has 94 valence electrons. The summed E-state index contributed by atoms with van der Waals surface area (Å²) >= 11 is 0. The summed E-state index contributed by atoms with van der Waals surface area (Å²) in [5.41, 5.74) is 1.22. The molecule has 2 aromatic rings. The minimum atomic E-state index is -0.279. The van der Waals surface area contributed by atoms with E-state index in [0.29, 0.717) is 11.6 Å². The van der Waals surface area contributed by atoms with Crippen LogP contribution in [-0.2, 0) is 5.41 Å². The predicted octanol–water partition coefficient (Wildman–Crippen LogP) is 4.31. The molecule has 0 bridgehead atoms. The summed E-state index contributed by atoms with van der Waals surface area (Å²) < 4.78 is 18.3. The van der Waals surface area contributed by atoms with E-state index in [9.17, 15) is 4.39 Å². The van der Waals surface area contributed by atoms with E-state index in [2.05, 4.69) is 25.8 Å². The van der Waals surface area contributed by atoms with E-state index in [-0.39, 0.29) is 11.2 Å². The van der Waals surface area contributed by atoms with Crippen LogP contribution in [0.1, 0.15) is 26.3 Å². The van der Waals surface area contributed by atoms with Gasteiger partial charge in [0.25, 0.3) is 0 Å². The van der Waals surface area contributed by atoms with Crippen molar-refractivity contribution in [3.05, 3.63) is 54.0 Å². The summed E-state index contributed by atoms with van der Waals surface area (Å²) in [5.74, 6) is 0.806. The summed E-state index contributed by atoms with van der Waals surface area (Å²) in [6.07, 6.45) is 1.80. The molecule has 3 heteroatoms. The van der Waals surface area contributed by atoms with Gasteiger partial charge >= 0.3 is 0 Å². The smallest absolute Gasteiger partial charge is 0.219 e. The van der Waals surface area contributed by atoms with Gasteiger partial charge in [-0.05, 0) is 35.2 Å². The van der Waals surface area contributed by atoms with Crippen molar-refractivity contribution >= 4 is 0 Å². The maximum absolute atomic E-state index is 12.7. The fourth-order valence-electron chi connectivity index (χ4n) is 1.51. The van der Waals surface area contributed by atoms with Crippen LogP contribution in [0.3, 0.4) is 0 Å². The molecule has 1 aromatic carbocycles. The van der Waals surface area contributed by atoms with E-state index in [4.69, 9.17) is 4.74 Å². The fraction of sp³-hybridized carbons (Fsp3) is 0.267. The molecule has 0 saturated carbocycles. The Hall–Kier alpha value is -1.90. The van der Waals surface area contributed by atoms with Crippen molar-refractivity contribution in [2.75, 3.05) is 0 Å². The maximum atomic E-state index is 12.7. The van der Waals surface area contributed by atoms with Crippen molar-refractivity contribution in [1.82, 2.24) is 4.98 Å². The topological polar surface area (TPSA) is 22.1 Å². The van der Waals surface area contributed by atoms with E-state index in [1.54, 1.807) is 18.3 Å². The number of rotatable bonds is 2. The van der Waals surface area contributed by atoms with Crippen LogP contribution in [-0.4, -0.2) is 4.98 Å². The summed E-state index contributed by atoms with van der Waals surface area (Å²) in [6.45, 7) is 6.39. The number of halogens is 1. The number of ether oxygens (including phenoxy) is 1. The lowest BCUT2D eigenvalue weighted by atomic mass is 9.88. The van der Waals surface area contributed by atoms with Crippen LogP contribution in [0.15, 0.2) is 42.6 Å².